The normalized spacial score (nSPS) is 19.8. The van der Waals surface area contributed by atoms with E-state index in [-0.39, 0.29) is 12.4 Å². The minimum atomic E-state index is 0. The van der Waals surface area contributed by atoms with Crippen molar-refractivity contribution in [3.8, 4) is 10.6 Å². The lowest BCUT2D eigenvalue weighted by Crippen LogP contribution is -2.43. The second-order valence-electron chi connectivity index (χ2n) is 5.01. The molecule has 1 aliphatic heterocycles. The first-order chi connectivity index (χ1) is 9.36. The molecule has 0 spiro atoms. The summed E-state index contributed by atoms with van der Waals surface area (Å²) in [5, 5.41) is 7.59. The average molecular weight is 330 g/mol. The van der Waals surface area contributed by atoms with Gasteiger partial charge in [0, 0.05) is 35.5 Å². The van der Waals surface area contributed by atoms with E-state index in [1.54, 1.807) is 22.7 Å². The van der Waals surface area contributed by atoms with Crippen LogP contribution in [0.5, 0.6) is 0 Å². The van der Waals surface area contributed by atoms with Crippen LogP contribution < -0.4 is 5.73 Å². The number of hydrogen-bond donors (Lipinski definition) is 1. The highest BCUT2D eigenvalue weighted by molar-refractivity contribution is 7.14. The second kappa shape index (κ2) is 7.52. The first-order valence-corrected chi connectivity index (χ1v) is 8.60. The standard InChI is InChI=1S/C14H19N3S2.ClH/c15-7-13-3-1-2-5-17(13)8-12-10-19-14(16-12)11-4-6-18-9-11;/h4,6,9-10,13H,1-3,5,7-8,15H2;1H. The number of thiazole rings is 1. The topological polar surface area (TPSA) is 42.1 Å². The smallest absolute Gasteiger partial charge is 0.124 e. The van der Waals surface area contributed by atoms with E-state index in [4.69, 9.17) is 10.7 Å². The molecule has 3 rings (SSSR count). The van der Waals surface area contributed by atoms with Crippen molar-refractivity contribution in [3.63, 3.8) is 0 Å². The zero-order valence-electron chi connectivity index (χ0n) is 11.3. The molecule has 2 aromatic rings. The number of nitrogens with zero attached hydrogens (tertiary/aromatic N) is 2. The van der Waals surface area contributed by atoms with Crippen molar-refractivity contribution in [2.24, 2.45) is 5.73 Å². The molecule has 1 saturated heterocycles. The van der Waals surface area contributed by atoms with E-state index in [0.717, 1.165) is 24.6 Å². The second-order valence-corrected chi connectivity index (χ2v) is 6.65. The van der Waals surface area contributed by atoms with Gasteiger partial charge in [-0.25, -0.2) is 4.98 Å². The summed E-state index contributed by atoms with van der Waals surface area (Å²) in [6.45, 7) is 2.87. The van der Waals surface area contributed by atoms with Crippen LogP contribution >= 0.6 is 35.1 Å². The Hall–Kier alpha value is -0.460. The summed E-state index contributed by atoms with van der Waals surface area (Å²) in [5.41, 5.74) is 8.30. The molecule has 20 heavy (non-hydrogen) atoms. The minimum absolute atomic E-state index is 0. The molecule has 110 valence electrons. The summed E-state index contributed by atoms with van der Waals surface area (Å²) < 4.78 is 0. The Morgan fingerprint density at radius 2 is 2.25 bits per heavy atom. The molecule has 0 radical (unpaired) electrons. The lowest BCUT2D eigenvalue weighted by molar-refractivity contribution is 0.143. The van der Waals surface area contributed by atoms with Gasteiger partial charge in [-0.3, -0.25) is 4.90 Å². The summed E-state index contributed by atoms with van der Waals surface area (Å²) in [7, 11) is 0. The summed E-state index contributed by atoms with van der Waals surface area (Å²) in [6.07, 6.45) is 3.84. The molecule has 1 fully saturated rings. The predicted molar refractivity (Wildman–Crippen MR) is 89.8 cm³/mol. The average Bonchev–Trinajstić information content (AvgIpc) is 3.09. The zero-order chi connectivity index (χ0) is 13.1. The third-order valence-corrected chi connectivity index (χ3v) is 5.33. The van der Waals surface area contributed by atoms with Gasteiger partial charge in [-0.1, -0.05) is 6.42 Å². The Bertz CT molecular complexity index is 512. The molecule has 0 aromatic carbocycles. The number of rotatable bonds is 4. The lowest BCUT2D eigenvalue weighted by atomic mass is 10.0. The number of likely N-dealkylation sites (tertiary alicyclic amines) is 1. The molecular formula is C14H20ClN3S2. The number of piperidine rings is 1. The largest absolute Gasteiger partial charge is 0.329 e. The van der Waals surface area contributed by atoms with Gasteiger partial charge in [0.05, 0.1) is 5.69 Å². The van der Waals surface area contributed by atoms with Gasteiger partial charge in [0.15, 0.2) is 0 Å². The van der Waals surface area contributed by atoms with Crippen LogP contribution in [0.1, 0.15) is 25.0 Å². The highest BCUT2D eigenvalue weighted by Gasteiger charge is 2.21. The van der Waals surface area contributed by atoms with E-state index in [2.05, 4.69) is 27.1 Å². The molecule has 3 heterocycles. The van der Waals surface area contributed by atoms with Crippen molar-refractivity contribution in [1.29, 1.82) is 0 Å². The van der Waals surface area contributed by atoms with E-state index in [1.165, 1.54) is 30.5 Å². The maximum Gasteiger partial charge on any atom is 0.124 e. The summed E-state index contributed by atoms with van der Waals surface area (Å²) >= 11 is 3.47. The van der Waals surface area contributed by atoms with Gasteiger partial charge in [-0.05, 0) is 30.8 Å². The maximum atomic E-state index is 5.87. The molecule has 0 saturated carbocycles. The highest BCUT2D eigenvalue weighted by atomic mass is 35.5. The molecule has 0 bridgehead atoms. The number of hydrogen-bond acceptors (Lipinski definition) is 5. The molecule has 3 nitrogen and oxygen atoms in total. The Kier molecular flexibility index (Phi) is 5.99. The van der Waals surface area contributed by atoms with Gasteiger partial charge in [0.1, 0.15) is 5.01 Å². The molecule has 1 unspecified atom stereocenters. The SMILES string of the molecule is Cl.NCC1CCCCN1Cc1csc(-c2ccsc2)n1. The Labute approximate surface area is 134 Å². The van der Waals surface area contributed by atoms with Crippen molar-refractivity contribution in [2.45, 2.75) is 31.8 Å². The Morgan fingerprint density at radius 3 is 3.00 bits per heavy atom. The quantitative estimate of drug-likeness (QED) is 0.931. The van der Waals surface area contributed by atoms with E-state index in [9.17, 15) is 0 Å². The van der Waals surface area contributed by atoms with Crippen LogP contribution in [-0.4, -0.2) is 29.0 Å². The van der Waals surface area contributed by atoms with E-state index >= 15 is 0 Å². The summed E-state index contributed by atoms with van der Waals surface area (Å²) in [5.74, 6) is 0. The summed E-state index contributed by atoms with van der Waals surface area (Å²) in [6, 6.07) is 2.68. The van der Waals surface area contributed by atoms with Crippen molar-refractivity contribution < 1.29 is 0 Å². The zero-order valence-corrected chi connectivity index (χ0v) is 13.8. The minimum Gasteiger partial charge on any atom is -0.329 e. The molecule has 0 aliphatic carbocycles. The van der Waals surface area contributed by atoms with E-state index in [1.807, 2.05) is 0 Å². The van der Waals surface area contributed by atoms with Gasteiger partial charge in [-0.2, -0.15) is 11.3 Å². The van der Waals surface area contributed by atoms with Crippen LogP contribution in [0.25, 0.3) is 10.6 Å². The molecule has 2 aromatic heterocycles. The van der Waals surface area contributed by atoms with Gasteiger partial charge in [0.25, 0.3) is 0 Å². The molecule has 6 heteroatoms. The maximum absolute atomic E-state index is 5.87. The fourth-order valence-electron chi connectivity index (χ4n) is 2.64. The molecule has 0 amide bonds. The number of halogens is 1. The van der Waals surface area contributed by atoms with Crippen molar-refractivity contribution in [2.75, 3.05) is 13.1 Å². The van der Waals surface area contributed by atoms with Gasteiger partial charge in [-0.15, -0.1) is 23.7 Å². The van der Waals surface area contributed by atoms with Gasteiger partial charge >= 0.3 is 0 Å². The number of thiophene rings is 1. The van der Waals surface area contributed by atoms with Crippen molar-refractivity contribution in [1.82, 2.24) is 9.88 Å². The van der Waals surface area contributed by atoms with Crippen LogP contribution in [0.15, 0.2) is 22.2 Å². The Morgan fingerprint density at radius 1 is 1.35 bits per heavy atom. The third-order valence-electron chi connectivity index (χ3n) is 3.71. The number of nitrogens with two attached hydrogens (primary N) is 1. The van der Waals surface area contributed by atoms with Crippen molar-refractivity contribution >= 4 is 35.1 Å². The van der Waals surface area contributed by atoms with Crippen LogP contribution in [0.3, 0.4) is 0 Å². The molecule has 1 atom stereocenters. The van der Waals surface area contributed by atoms with Gasteiger partial charge in [0.2, 0.25) is 0 Å². The third kappa shape index (κ3) is 3.59. The predicted octanol–water partition coefficient (Wildman–Crippen LogP) is 3.61. The lowest BCUT2D eigenvalue weighted by Gasteiger charge is -2.34. The first kappa shape index (κ1) is 15.9. The molecular weight excluding hydrogens is 310 g/mol. The van der Waals surface area contributed by atoms with Crippen LogP contribution in [-0.2, 0) is 6.54 Å². The fraction of sp³-hybridized carbons (Fsp3) is 0.500. The molecule has 1 aliphatic rings. The van der Waals surface area contributed by atoms with Crippen LogP contribution in [0.4, 0.5) is 0 Å². The Balaban J connectivity index is 0.00000147. The monoisotopic (exact) mass is 329 g/mol. The van der Waals surface area contributed by atoms with Crippen LogP contribution in [0.2, 0.25) is 0 Å². The van der Waals surface area contributed by atoms with Crippen molar-refractivity contribution in [3.05, 3.63) is 27.9 Å². The summed E-state index contributed by atoms with van der Waals surface area (Å²) in [4.78, 5) is 7.25. The highest BCUT2D eigenvalue weighted by Crippen LogP contribution is 2.27. The number of aromatic nitrogens is 1. The van der Waals surface area contributed by atoms with Gasteiger partial charge < -0.3 is 5.73 Å². The first-order valence-electron chi connectivity index (χ1n) is 6.78. The fourth-order valence-corrected chi connectivity index (χ4v) is 4.16. The van der Waals surface area contributed by atoms with Crippen LogP contribution in [0, 0.1) is 0 Å². The van der Waals surface area contributed by atoms with E-state index < -0.39 is 0 Å². The molecule has 2 N–H and O–H groups in total. The van der Waals surface area contributed by atoms with E-state index in [0.29, 0.717) is 6.04 Å².